The van der Waals surface area contributed by atoms with Crippen LogP contribution in [-0.4, -0.2) is 19.7 Å². The Morgan fingerprint density at radius 2 is 2.11 bits per heavy atom. The lowest BCUT2D eigenvalue weighted by Gasteiger charge is -2.68. The number of rotatable bonds is 4. The van der Waals surface area contributed by atoms with Gasteiger partial charge in [0.15, 0.2) is 0 Å². The third kappa shape index (κ3) is 1.74. The summed E-state index contributed by atoms with van der Waals surface area (Å²) in [4.78, 5) is 11.5. The quantitative estimate of drug-likeness (QED) is 0.801. The Labute approximate surface area is 115 Å². The lowest BCUT2D eigenvalue weighted by atomic mass is 9.35. The standard InChI is InChI=1S/C14H15BrO3/c1-17-12(16)14-6-13(7-14,8-14)9-18-11-4-2-3-10(15)5-11/h2-5H,6-9H2,1H3. The largest absolute Gasteiger partial charge is 0.493 e. The summed E-state index contributed by atoms with van der Waals surface area (Å²) < 4.78 is 11.7. The normalized spacial score (nSPS) is 32.1. The number of carbonyl (C=O) groups is 1. The van der Waals surface area contributed by atoms with Crippen molar-refractivity contribution >= 4 is 21.9 Å². The number of ether oxygens (including phenoxy) is 2. The molecule has 4 heteroatoms. The van der Waals surface area contributed by atoms with Gasteiger partial charge in [-0.2, -0.15) is 0 Å². The summed E-state index contributed by atoms with van der Waals surface area (Å²) in [5, 5.41) is 0. The van der Waals surface area contributed by atoms with Gasteiger partial charge in [0, 0.05) is 9.89 Å². The van der Waals surface area contributed by atoms with Crippen LogP contribution in [0.3, 0.4) is 0 Å². The first-order chi connectivity index (χ1) is 8.57. The van der Waals surface area contributed by atoms with Crippen molar-refractivity contribution in [2.24, 2.45) is 10.8 Å². The van der Waals surface area contributed by atoms with Gasteiger partial charge < -0.3 is 9.47 Å². The molecule has 0 spiro atoms. The molecule has 1 aromatic carbocycles. The molecule has 0 heterocycles. The summed E-state index contributed by atoms with van der Waals surface area (Å²) >= 11 is 3.42. The van der Waals surface area contributed by atoms with Gasteiger partial charge in [-0.1, -0.05) is 22.0 Å². The first-order valence-corrected chi connectivity index (χ1v) is 6.84. The second kappa shape index (κ2) is 3.98. The number of methoxy groups -OCH3 is 1. The summed E-state index contributed by atoms with van der Waals surface area (Å²) in [7, 11) is 1.47. The maximum Gasteiger partial charge on any atom is 0.311 e. The van der Waals surface area contributed by atoms with E-state index in [0.717, 1.165) is 29.5 Å². The molecule has 96 valence electrons. The van der Waals surface area contributed by atoms with Crippen molar-refractivity contribution in [3.05, 3.63) is 28.7 Å². The first kappa shape index (κ1) is 12.0. The van der Waals surface area contributed by atoms with Crippen molar-refractivity contribution in [1.82, 2.24) is 0 Å². The third-order valence-electron chi connectivity index (χ3n) is 4.10. The highest BCUT2D eigenvalue weighted by Gasteiger charge is 2.72. The number of hydrogen-bond donors (Lipinski definition) is 0. The number of halogens is 1. The molecule has 0 unspecified atom stereocenters. The van der Waals surface area contributed by atoms with E-state index in [2.05, 4.69) is 15.9 Å². The van der Waals surface area contributed by atoms with Crippen LogP contribution in [0.15, 0.2) is 28.7 Å². The maximum atomic E-state index is 11.5. The molecule has 0 aromatic heterocycles. The van der Waals surface area contributed by atoms with E-state index >= 15 is 0 Å². The van der Waals surface area contributed by atoms with Crippen LogP contribution >= 0.6 is 15.9 Å². The molecule has 0 saturated heterocycles. The summed E-state index contributed by atoms with van der Waals surface area (Å²) in [6.45, 7) is 0.697. The lowest BCUT2D eigenvalue weighted by Crippen LogP contribution is -2.67. The van der Waals surface area contributed by atoms with Gasteiger partial charge in [0.1, 0.15) is 5.75 Å². The number of hydrogen-bond acceptors (Lipinski definition) is 3. The van der Waals surface area contributed by atoms with Gasteiger partial charge in [0.25, 0.3) is 0 Å². The average molecular weight is 311 g/mol. The van der Waals surface area contributed by atoms with E-state index in [-0.39, 0.29) is 16.8 Å². The van der Waals surface area contributed by atoms with Crippen molar-refractivity contribution in [1.29, 1.82) is 0 Å². The van der Waals surface area contributed by atoms with E-state index < -0.39 is 0 Å². The predicted octanol–water partition coefficient (Wildman–Crippen LogP) is 3.17. The molecular weight excluding hydrogens is 296 g/mol. The van der Waals surface area contributed by atoms with Gasteiger partial charge in [-0.15, -0.1) is 0 Å². The van der Waals surface area contributed by atoms with Crippen LogP contribution in [0.5, 0.6) is 5.75 Å². The number of benzene rings is 1. The summed E-state index contributed by atoms with van der Waals surface area (Å²) in [6.07, 6.45) is 2.75. The number of esters is 1. The van der Waals surface area contributed by atoms with Gasteiger partial charge in [0.2, 0.25) is 0 Å². The smallest absolute Gasteiger partial charge is 0.311 e. The van der Waals surface area contributed by atoms with Crippen LogP contribution in [0, 0.1) is 10.8 Å². The molecule has 3 aliphatic carbocycles. The van der Waals surface area contributed by atoms with E-state index in [1.54, 1.807) is 0 Å². The highest BCUT2D eigenvalue weighted by Crippen LogP contribution is 2.73. The Kier molecular flexibility index (Phi) is 2.66. The Balaban J connectivity index is 1.54. The van der Waals surface area contributed by atoms with Crippen LogP contribution in [0.2, 0.25) is 0 Å². The zero-order valence-electron chi connectivity index (χ0n) is 10.2. The Morgan fingerprint density at radius 3 is 2.72 bits per heavy atom. The molecule has 18 heavy (non-hydrogen) atoms. The number of carbonyl (C=O) groups excluding carboxylic acids is 1. The van der Waals surface area contributed by atoms with Crippen molar-refractivity contribution in [2.75, 3.05) is 13.7 Å². The Morgan fingerprint density at radius 1 is 1.39 bits per heavy atom. The minimum Gasteiger partial charge on any atom is -0.493 e. The van der Waals surface area contributed by atoms with Crippen LogP contribution in [0.1, 0.15) is 19.3 Å². The first-order valence-electron chi connectivity index (χ1n) is 6.04. The third-order valence-corrected chi connectivity index (χ3v) is 4.59. The molecule has 0 aliphatic heterocycles. The summed E-state index contributed by atoms with van der Waals surface area (Å²) in [5.74, 6) is 0.827. The zero-order valence-corrected chi connectivity index (χ0v) is 11.8. The minimum absolute atomic E-state index is 0.0492. The molecule has 0 atom stereocenters. The molecule has 3 fully saturated rings. The van der Waals surface area contributed by atoms with Crippen molar-refractivity contribution in [3.63, 3.8) is 0 Å². The van der Waals surface area contributed by atoms with Gasteiger partial charge >= 0.3 is 5.97 Å². The minimum atomic E-state index is -0.171. The molecule has 4 rings (SSSR count). The fourth-order valence-corrected chi connectivity index (χ4v) is 3.76. The van der Waals surface area contributed by atoms with Crippen LogP contribution in [0.4, 0.5) is 0 Å². The second-order valence-corrected chi connectivity index (χ2v) is 6.46. The molecule has 0 radical (unpaired) electrons. The topological polar surface area (TPSA) is 35.5 Å². The van der Waals surface area contributed by atoms with E-state index in [9.17, 15) is 4.79 Å². The maximum absolute atomic E-state index is 11.5. The fourth-order valence-electron chi connectivity index (χ4n) is 3.38. The molecule has 3 saturated carbocycles. The molecule has 3 aliphatic rings. The van der Waals surface area contributed by atoms with Crippen LogP contribution in [0.25, 0.3) is 0 Å². The molecule has 0 amide bonds. The Hall–Kier alpha value is -1.03. The van der Waals surface area contributed by atoms with Gasteiger partial charge in [-0.05, 0) is 37.5 Å². The zero-order chi connectivity index (χ0) is 12.8. The summed E-state index contributed by atoms with van der Waals surface area (Å²) in [5.41, 5.74) is 0.0475. The van der Waals surface area contributed by atoms with E-state index in [1.807, 2.05) is 24.3 Å². The molecule has 2 bridgehead atoms. The van der Waals surface area contributed by atoms with Gasteiger partial charge in [-0.25, -0.2) is 0 Å². The average Bonchev–Trinajstić information content (AvgIpc) is 2.25. The highest BCUT2D eigenvalue weighted by molar-refractivity contribution is 9.10. The second-order valence-electron chi connectivity index (χ2n) is 5.55. The molecular formula is C14H15BrO3. The molecule has 0 N–H and O–H groups in total. The van der Waals surface area contributed by atoms with Crippen molar-refractivity contribution < 1.29 is 14.3 Å². The van der Waals surface area contributed by atoms with Crippen molar-refractivity contribution in [3.8, 4) is 5.75 Å². The molecule has 3 nitrogen and oxygen atoms in total. The monoisotopic (exact) mass is 310 g/mol. The molecule has 1 aromatic rings. The van der Waals surface area contributed by atoms with E-state index in [4.69, 9.17) is 9.47 Å². The highest BCUT2D eigenvalue weighted by atomic mass is 79.9. The SMILES string of the molecule is COC(=O)C12CC(COc3cccc(Br)c3)(C1)C2. The van der Waals surface area contributed by atoms with E-state index in [1.165, 1.54) is 7.11 Å². The summed E-state index contributed by atoms with van der Waals surface area (Å²) in [6, 6.07) is 7.84. The lowest BCUT2D eigenvalue weighted by molar-refractivity contribution is -0.233. The Bertz CT molecular complexity index is 478. The van der Waals surface area contributed by atoms with Crippen LogP contribution in [-0.2, 0) is 9.53 Å². The van der Waals surface area contributed by atoms with Gasteiger partial charge in [-0.3, -0.25) is 4.79 Å². The van der Waals surface area contributed by atoms with Crippen LogP contribution < -0.4 is 4.74 Å². The van der Waals surface area contributed by atoms with E-state index in [0.29, 0.717) is 6.61 Å². The fraction of sp³-hybridized carbons (Fsp3) is 0.500. The van der Waals surface area contributed by atoms with Gasteiger partial charge in [0.05, 0.1) is 19.1 Å². The van der Waals surface area contributed by atoms with Crippen molar-refractivity contribution in [2.45, 2.75) is 19.3 Å². The predicted molar refractivity (Wildman–Crippen MR) is 70.4 cm³/mol.